The largest absolute Gasteiger partial charge is 0.452 e. The van der Waals surface area contributed by atoms with Gasteiger partial charge in [-0.2, -0.15) is 0 Å². The van der Waals surface area contributed by atoms with Crippen LogP contribution in [-0.4, -0.2) is 25.6 Å². The van der Waals surface area contributed by atoms with Gasteiger partial charge in [0, 0.05) is 34.6 Å². The van der Waals surface area contributed by atoms with Crippen molar-refractivity contribution in [1.82, 2.24) is 9.44 Å². The summed E-state index contributed by atoms with van der Waals surface area (Å²) in [4.78, 5) is 25.5. The number of carbonyl (C=O) groups excluding carboxylic acids is 2. The van der Waals surface area contributed by atoms with Crippen molar-refractivity contribution in [3.05, 3.63) is 100 Å². The SMILES string of the molecule is C=C(C)c1coc(S(=N)(=O)NC(=O)Nc2c([C@@H](C)C3CC3)ccc3c2CCC3)c1.C[C@H](c1ccc2c(c1NC(=O)NS(=N)(=O)c1cc(C(C)(C)O)co1)CCC2)C1CC1. The zero-order valence-corrected chi connectivity index (χ0v) is 36.1. The number of hydrogen-bond acceptors (Lipinski definition) is 9. The van der Waals surface area contributed by atoms with E-state index in [4.69, 9.17) is 18.4 Å². The van der Waals surface area contributed by atoms with Gasteiger partial charge < -0.3 is 24.6 Å². The molecule has 59 heavy (non-hydrogen) atoms. The molecule has 0 spiro atoms. The van der Waals surface area contributed by atoms with E-state index in [2.05, 4.69) is 64.8 Å². The highest BCUT2D eigenvalue weighted by molar-refractivity contribution is 7.91. The van der Waals surface area contributed by atoms with Crippen LogP contribution in [-0.2, 0) is 51.1 Å². The molecule has 4 aromatic rings. The van der Waals surface area contributed by atoms with Gasteiger partial charge in [0.1, 0.15) is 0 Å². The standard InChI is InChI=1S/C22H29N3O4S.C22H27N3O3S/c1-13(14-7-8-14)17-10-9-15-5-4-6-18(15)20(17)24-21(26)25-30(23,28)19-11-16(12-29-19)22(2,3)27;1-13(2)17-11-20(28-12-17)29(23,27)25-22(26)24-21-18(14(3)15-7-8-15)10-9-16-5-4-6-19(16)21/h9-14,27H,4-8H2,1-3H3,(H3,23,24,25,26,28);9-12,14-15H,1,4-8H2,2-3H3,(H3,23,24,25,26,27)/t13-,30?;14-,29?/m00/s1. The van der Waals surface area contributed by atoms with Gasteiger partial charge >= 0.3 is 12.1 Å². The number of rotatable bonds is 12. The molecule has 13 nitrogen and oxygen atoms in total. The summed E-state index contributed by atoms with van der Waals surface area (Å²) in [5.74, 6) is 1.99. The van der Waals surface area contributed by atoms with Crippen molar-refractivity contribution in [3.8, 4) is 0 Å². The summed E-state index contributed by atoms with van der Waals surface area (Å²) < 4.78 is 56.9. The average molecular weight is 845 g/mol. The van der Waals surface area contributed by atoms with E-state index < -0.39 is 37.5 Å². The van der Waals surface area contributed by atoms with Gasteiger partial charge in [-0.05, 0) is 148 Å². The zero-order valence-electron chi connectivity index (χ0n) is 34.4. The Balaban J connectivity index is 0.000000179. The maximum absolute atomic E-state index is 12.8. The summed E-state index contributed by atoms with van der Waals surface area (Å²) in [5.41, 5.74) is 9.26. The van der Waals surface area contributed by atoms with Crippen molar-refractivity contribution >= 4 is 48.8 Å². The monoisotopic (exact) mass is 844 g/mol. The molecule has 316 valence electrons. The molecule has 7 N–H and O–H groups in total. The quantitative estimate of drug-likeness (QED) is 0.0733. The van der Waals surface area contributed by atoms with Gasteiger partial charge in [0.05, 0.1) is 18.1 Å². The fourth-order valence-electron chi connectivity index (χ4n) is 8.24. The van der Waals surface area contributed by atoms with Crippen molar-refractivity contribution in [2.75, 3.05) is 10.6 Å². The Morgan fingerprint density at radius 2 is 1.20 bits per heavy atom. The number of urea groups is 2. The number of amides is 4. The van der Waals surface area contributed by atoms with Gasteiger partial charge in [-0.1, -0.05) is 44.7 Å². The molecule has 2 aromatic heterocycles. The predicted molar refractivity (Wildman–Crippen MR) is 229 cm³/mol. The second kappa shape index (κ2) is 16.3. The third kappa shape index (κ3) is 9.47. The fraction of sp³-hybridized carbons (Fsp3) is 0.455. The van der Waals surface area contributed by atoms with Crippen molar-refractivity contribution in [2.45, 2.75) is 126 Å². The molecule has 0 bridgehead atoms. The molecule has 0 radical (unpaired) electrons. The van der Waals surface area contributed by atoms with Crippen molar-refractivity contribution in [1.29, 1.82) is 9.56 Å². The highest BCUT2D eigenvalue weighted by Gasteiger charge is 2.34. The van der Waals surface area contributed by atoms with Crippen molar-refractivity contribution in [2.24, 2.45) is 11.8 Å². The second-order valence-corrected chi connectivity index (χ2v) is 20.6. The third-order valence-corrected chi connectivity index (χ3v) is 14.6. The van der Waals surface area contributed by atoms with E-state index in [-0.39, 0.29) is 10.2 Å². The first-order valence-electron chi connectivity index (χ1n) is 20.4. The first-order valence-corrected chi connectivity index (χ1v) is 23.5. The number of aliphatic hydroxyl groups is 1. The lowest BCUT2D eigenvalue weighted by Crippen LogP contribution is -2.34. The summed E-state index contributed by atoms with van der Waals surface area (Å²) >= 11 is 0. The third-order valence-electron chi connectivity index (χ3n) is 12.1. The molecule has 4 aliphatic carbocycles. The minimum Gasteiger partial charge on any atom is -0.452 e. The lowest BCUT2D eigenvalue weighted by molar-refractivity contribution is 0.0779. The number of anilines is 2. The average Bonchev–Trinajstić information content (AvgIpc) is 3.87. The molecule has 2 unspecified atom stereocenters. The van der Waals surface area contributed by atoms with Crippen LogP contribution in [0.15, 0.2) is 74.5 Å². The normalized spacial score (nSPS) is 18.8. The van der Waals surface area contributed by atoms with E-state index in [1.54, 1.807) is 20.8 Å². The molecule has 2 heterocycles. The smallest absolute Gasteiger partial charge is 0.332 e. The molecular formula is C44H56N6O7S2. The van der Waals surface area contributed by atoms with Gasteiger partial charge in [-0.25, -0.2) is 37.0 Å². The Morgan fingerprint density at radius 1 is 0.763 bits per heavy atom. The van der Waals surface area contributed by atoms with Crippen LogP contribution in [0.4, 0.5) is 21.0 Å². The second-order valence-electron chi connectivity index (χ2n) is 17.2. The number of carbonyl (C=O) groups is 2. The van der Waals surface area contributed by atoms with E-state index in [1.165, 1.54) is 67.0 Å². The van der Waals surface area contributed by atoms with Gasteiger partial charge in [-0.3, -0.25) is 0 Å². The van der Waals surface area contributed by atoms with Gasteiger partial charge in [0.15, 0.2) is 19.8 Å². The van der Waals surface area contributed by atoms with Crippen LogP contribution in [0.2, 0.25) is 0 Å². The van der Waals surface area contributed by atoms with Gasteiger partial charge in [-0.15, -0.1) is 0 Å². The van der Waals surface area contributed by atoms with Crippen LogP contribution in [0.5, 0.6) is 0 Å². The molecule has 4 amide bonds. The predicted octanol–water partition coefficient (Wildman–Crippen LogP) is 10.1. The fourth-order valence-corrected chi connectivity index (χ4v) is 10.0. The van der Waals surface area contributed by atoms with Crippen LogP contribution < -0.4 is 20.1 Å². The number of nitrogens with one attached hydrogen (secondary N) is 6. The van der Waals surface area contributed by atoms with Crippen LogP contribution in [0.3, 0.4) is 0 Å². The molecule has 0 aliphatic heterocycles. The minimum atomic E-state index is -3.71. The van der Waals surface area contributed by atoms with Crippen LogP contribution >= 0.6 is 0 Å². The Labute approximate surface area is 347 Å². The number of fused-ring (bicyclic) bond motifs is 2. The Hall–Kier alpha value is -4.86. The lowest BCUT2D eigenvalue weighted by atomic mass is 9.91. The van der Waals surface area contributed by atoms with Gasteiger partial charge in [0.25, 0.3) is 0 Å². The van der Waals surface area contributed by atoms with E-state index >= 15 is 0 Å². The highest BCUT2D eigenvalue weighted by Crippen LogP contribution is 2.47. The Bertz CT molecular complexity index is 2510. The molecule has 2 aromatic carbocycles. The zero-order chi connectivity index (χ0) is 42.4. The molecule has 2 saturated carbocycles. The molecule has 2 fully saturated rings. The summed E-state index contributed by atoms with van der Waals surface area (Å²) in [6, 6.07) is 10.0. The molecule has 15 heteroatoms. The highest BCUT2D eigenvalue weighted by atomic mass is 32.2. The van der Waals surface area contributed by atoms with E-state index in [0.717, 1.165) is 72.2 Å². The number of aryl methyl sites for hydroxylation is 2. The minimum absolute atomic E-state index is 0.0875. The van der Waals surface area contributed by atoms with Crippen LogP contribution in [0, 0.1) is 21.4 Å². The number of furan rings is 2. The molecule has 4 atom stereocenters. The number of allylic oxidation sites excluding steroid dienone is 1. The van der Waals surface area contributed by atoms with Crippen molar-refractivity contribution < 1.29 is 31.9 Å². The number of hydrogen-bond donors (Lipinski definition) is 7. The Morgan fingerprint density at radius 3 is 1.59 bits per heavy atom. The summed E-state index contributed by atoms with van der Waals surface area (Å²) in [6.45, 7) is 13.1. The van der Waals surface area contributed by atoms with Gasteiger partial charge in [0.2, 0.25) is 10.2 Å². The van der Waals surface area contributed by atoms with E-state index in [0.29, 0.717) is 34.8 Å². The molecule has 8 rings (SSSR count). The van der Waals surface area contributed by atoms with E-state index in [9.17, 15) is 23.1 Å². The molecule has 0 saturated heterocycles. The summed E-state index contributed by atoms with van der Waals surface area (Å²) in [7, 11) is -7.32. The van der Waals surface area contributed by atoms with Crippen molar-refractivity contribution in [3.63, 3.8) is 0 Å². The van der Waals surface area contributed by atoms with Crippen LogP contribution in [0.25, 0.3) is 5.57 Å². The maximum Gasteiger partial charge on any atom is 0.332 e. The molecular weight excluding hydrogens is 789 g/mol. The maximum atomic E-state index is 12.8. The van der Waals surface area contributed by atoms with Crippen LogP contribution in [0.1, 0.15) is 129 Å². The lowest BCUT2D eigenvalue weighted by Gasteiger charge is -2.20. The first kappa shape index (κ1) is 42.3. The molecule has 4 aliphatic rings. The summed E-state index contributed by atoms with van der Waals surface area (Å²) in [5, 5.41) is 15.6. The Kier molecular flexibility index (Phi) is 11.7. The summed E-state index contributed by atoms with van der Waals surface area (Å²) in [6.07, 6.45) is 13.4. The topological polar surface area (TPSA) is 211 Å². The first-order chi connectivity index (χ1) is 27.8. The van der Waals surface area contributed by atoms with E-state index in [1.807, 2.05) is 0 Å². The number of benzene rings is 2.